The van der Waals surface area contributed by atoms with Crippen molar-refractivity contribution in [1.29, 1.82) is 0 Å². The van der Waals surface area contributed by atoms with Crippen LogP contribution in [-0.4, -0.2) is 88.6 Å². The van der Waals surface area contributed by atoms with Gasteiger partial charge < -0.3 is 24.5 Å². The van der Waals surface area contributed by atoms with E-state index in [9.17, 15) is 19.5 Å². The first-order valence-corrected chi connectivity index (χ1v) is 14.3. The predicted octanol–water partition coefficient (Wildman–Crippen LogP) is 3.11. The van der Waals surface area contributed by atoms with Crippen LogP contribution in [0.15, 0.2) is 49.6 Å². The van der Waals surface area contributed by atoms with Crippen molar-refractivity contribution >= 4 is 35.2 Å². The van der Waals surface area contributed by atoms with Crippen LogP contribution in [0.2, 0.25) is 0 Å². The normalized spacial score (nSPS) is 27.2. The maximum atomic E-state index is 14.4. The molecule has 3 amide bonds. The number of amides is 3. The van der Waals surface area contributed by atoms with Gasteiger partial charge >= 0.3 is 0 Å². The summed E-state index contributed by atoms with van der Waals surface area (Å²) in [4.78, 5) is 47.5. The van der Waals surface area contributed by atoms with Gasteiger partial charge in [0.1, 0.15) is 11.8 Å². The Morgan fingerprint density at radius 2 is 1.92 bits per heavy atom. The lowest BCUT2D eigenvalue weighted by Crippen LogP contribution is -2.55. The Bertz CT molecular complexity index is 1060. The summed E-state index contributed by atoms with van der Waals surface area (Å²) in [5.74, 6) is -0.679. The van der Waals surface area contributed by atoms with Crippen LogP contribution in [0.5, 0.6) is 5.75 Å². The lowest BCUT2D eigenvalue weighted by Gasteiger charge is -2.37. The molecule has 4 rings (SSSR count). The molecule has 3 fully saturated rings. The molecule has 2 unspecified atom stereocenters. The number of ether oxygens (including phenoxy) is 1. The molecule has 3 heterocycles. The maximum Gasteiger partial charge on any atom is 0.251 e. The highest BCUT2D eigenvalue weighted by Crippen LogP contribution is 2.66. The molecule has 5 atom stereocenters. The molecular weight excluding hydrogens is 502 g/mol. The zero-order chi connectivity index (χ0) is 27.4. The number of carbonyl (C=O) groups excluding carboxylic acids is 3. The SMILES string of the molecule is C=CCN(CCC)C(=O)[C@@H]1[C@H]2C(=O)N(CCCO)C(C(=O)N(CC=C)c3ccc(OC)cc3)C23CC[C@H]1S3. The Kier molecular flexibility index (Phi) is 8.88. The van der Waals surface area contributed by atoms with Gasteiger partial charge in [-0.2, -0.15) is 0 Å². The summed E-state index contributed by atoms with van der Waals surface area (Å²) in [7, 11) is 1.59. The first-order chi connectivity index (χ1) is 18.4. The molecule has 9 heteroatoms. The van der Waals surface area contributed by atoms with Crippen LogP contribution in [0, 0.1) is 11.8 Å². The fraction of sp³-hybridized carbons (Fsp3) is 0.552. The molecule has 3 saturated heterocycles. The van der Waals surface area contributed by atoms with E-state index >= 15 is 0 Å². The highest BCUT2D eigenvalue weighted by molar-refractivity contribution is 8.02. The highest BCUT2D eigenvalue weighted by Gasteiger charge is 2.74. The summed E-state index contributed by atoms with van der Waals surface area (Å²) in [5.41, 5.74) is 0.690. The van der Waals surface area contributed by atoms with Gasteiger partial charge in [-0.15, -0.1) is 24.9 Å². The first-order valence-electron chi connectivity index (χ1n) is 13.4. The molecule has 0 radical (unpaired) electrons. The third kappa shape index (κ3) is 4.75. The first kappa shape index (κ1) is 28.2. The molecule has 38 heavy (non-hydrogen) atoms. The second-order valence-corrected chi connectivity index (χ2v) is 11.8. The second kappa shape index (κ2) is 11.9. The average Bonchev–Trinajstić information content (AvgIpc) is 3.57. The average molecular weight is 542 g/mol. The van der Waals surface area contributed by atoms with Crippen molar-refractivity contribution in [2.75, 3.05) is 44.8 Å². The summed E-state index contributed by atoms with van der Waals surface area (Å²) in [6.07, 6.45) is 6.08. The number of benzene rings is 1. The van der Waals surface area contributed by atoms with Gasteiger partial charge in [0.05, 0.1) is 23.7 Å². The van der Waals surface area contributed by atoms with Crippen molar-refractivity contribution in [2.24, 2.45) is 11.8 Å². The fourth-order valence-electron chi connectivity index (χ4n) is 6.49. The quantitative estimate of drug-likeness (QED) is 0.386. The number of methoxy groups -OCH3 is 1. The number of fused-ring (bicyclic) bond motifs is 1. The van der Waals surface area contributed by atoms with E-state index in [2.05, 4.69) is 13.2 Å². The van der Waals surface area contributed by atoms with Gasteiger partial charge in [-0.3, -0.25) is 14.4 Å². The molecule has 1 N–H and O–H groups in total. The zero-order valence-electron chi connectivity index (χ0n) is 22.4. The summed E-state index contributed by atoms with van der Waals surface area (Å²) in [6.45, 7) is 11.2. The van der Waals surface area contributed by atoms with Crippen LogP contribution in [0.4, 0.5) is 5.69 Å². The van der Waals surface area contributed by atoms with Gasteiger partial charge in [0.15, 0.2) is 0 Å². The molecule has 1 spiro atoms. The minimum absolute atomic E-state index is 0.00440. The second-order valence-electron chi connectivity index (χ2n) is 10.2. The number of carbonyl (C=O) groups is 3. The van der Waals surface area contributed by atoms with Crippen LogP contribution in [0.25, 0.3) is 0 Å². The smallest absolute Gasteiger partial charge is 0.251 e. The van der Waals surface area contributed by atoms with E-state index in [4.69, 9.17) is 4.74 Å². The summed E-state index contributed by atoms with van der Waals surface area (Å²) in [5, 5.41) is 9.59. The van der Waals surface area contributed by atoms with E-state index in [-0.39, 0.29) is 42.7 Å². The monoisotopic (exact) mass is 541 g/mol. The zero-order valence-corrected chi connectivity index (χ0v) is 23.2. The van der Waals surface area contributed by atoms with E-state index in [1.807, 2.05) is 19.1 Å². The van der Waals surface area contributed by atoms with Crippen molar-refractivity contribution in [2.45, 2.75) is 48.6 Å². The Labute approximate surface area is 229 Å². The number of aliphatic hydroxyl groups excluding tert-OH is 1. The molecule has 3 aliphatic rings. The van der Waals surface area contributed by atoms with E-state index in [1.165, 1.54) is 0 Å². The van der Waals surface area contributed by atoms with E-state index in [0.717, 1.165) is 12.8 Å². The number of anilines is 1. The number of aliphatic hydroxyl groups is 1. The fourth-order valence-corrected chi connectivity index (χ4v) is 8.69. The number of likely N-dealkylation sites (tertiary alicyclic amines) is 1. The van der Waals surface area contributed by atoms with Gasteiger partial charge in [0, 0.05) is 43.7 Å². The van der Waals surface area contributed by atoms with Gasteiger partial charge in [-0.1, -0.05) is 19.1 Å². The molecule has 0 saturated carbocycles. The number of hydrogen-bond acceptors (Lipinski definition) is 6. The summed E-state index contributed by atoms with van der Waals surface area (Å²) >= 11 is 1.66. The molecule has 1 aromatic carbocycles. The van der Waals surface area contributed by atoms with Crippen molar-refractivity contribution in [3.63, 3.8) is 0 Å². The van der Waals surface area contributed by atoms with Crippen molar-refractivity contribution in [3.8, 4) is 5.75 Å². The van der Waals surface area contributed by atoms with Crippen LogP contribution >= 0.6 is 11.8 Å². The molecule has 0 aliphatic carbocycles. The minimum Gasteiger partial charge on any atom is -0.497 e. The third-order valence-corrected chi connectivity index (χ3v) is 9.94. The standard InChI is InChI=1S/C29H39N3O5S/c1-5-15-30(16-6-2)26(34)23-22-13-14-29(38-22)24(23)27(35)32(18-8-19-33)25(29)28(36)31(17-7-3)20-9-11-21(37-4)12-10-20/h5,7,9-12,22-25,33H,1,3,6,8,13-19H2,2,4H3/t22-,23+,24+,25?,29?/m1/s1. The van der Waals surface area contributed by atoms with Crippen molar-refractivity contribution in [1.82, 2.24) is 9.80 Å². The molecule has 0 aromatic heterocycles. The van der Waals surface area contributed by atoms with Gasteiger partial charge in [0.2, 0.25) is 11.8 Å². The summed E-state index contributed by atoms with van der Waals surface area (Å²) in [6, 6.07) is 6.53. The molecule has 8 nitrogen and oxygen atoms in total. The predicted molar refractivity (Wildman–Crippen MR) is 150 cm³/mol. The molecular formula is C29H39N3O5S. The van der Waals surface area contributed by atoms with Crippen LogP contribution in [-0.2, 0) is 14.4 Å². The van der Waals surface area contributed by atoms with E-state index in [1.54, 1.807) is 57.9 Å². The lowest BCUT2D eigenvalue weighted by atomic mass is 9.70. The number of nitrogens with zero attached hydrogens (tertiary/aromatic N) is 3. The Balaban J connectivity index is 1.73. The molecule has 3 aliphatic heterocycles. The van der Waals surface area contributed by atoms with E-state index in [0.29, 0.717) is 37.4 Å². The minimum atomic E-state index is -0.722. The Morgan fingerprint density at radius 1 is 1.21 bits per heavy atom. The molecule has 206 valence electrons. The van der Waals surface area contributed by atoms with Gasteiger partial charge in [-0.25, -0.2) is 0 Å². The van der Waals surface area contributed by atoms with Crippen LogP contribution in [0.1, 0.15) is 32.6 Å². The maximum absolute atomic E-state index is 14.4. The Hall–Kier alpha value is -2.78. The highest BCUT2D eigenvalue weighted by atomic mass is 32.2. The topological polar surface area (TPSA) is 90.4 Å². The van der Waals surface area contributed by atoms with Gasteiger partial charge in [0.25, 0.3) is 5.91 Å². The largest absolute Gasteiger partial charge is 0.497 e. The molecule has 2 bridgehead atoms. The van der Waals surface area contributed by atoms with E-state index < -0.39 is 22.6 Å². The molecule has 1 aromatic rings. The van der Waals surface area contributed by atoms with Gasteiger partial charge in [-0.05, 0) is 49.9 Å². The van der Waals surface area contributed by atoms with Crippen molar-refractivity contribution in [3.05, 3.63) is 49.6 Å². The number of thioether (sulfide) groups is 1. The Morgan fingerprint density at radius 3 is 2.53 bits per heavy atom. The third-order valence-electron chi connectivity index (χ3n) is 7.99. The van der Waals surface area contributed by atoms with Crippen LogP contribution < -0.4 is 9.64 Å². The lowest BCUT2D eigenvalue weighted by molar-refractivity contribution is -0.144. The van der Waals surface area contributed by atoms with Crippen LogP contribution in [0.3, 0.4) is 0 Å². The number of rotatable bonds is 13. The number of hydrogen-bond donors (Lipinski definition) is 1. The summed E-state index contributed by atoms with van der Waals surface area (Å²) < 4.78 is 4.61. The van der Waals surface area contributed by atoms with Crippen molar-refractivity contribution < 1.29 is 24.2 Å².